The molecule has 0 bridgehead atoms. The number of aryl methyl sites for hydroxylation is 1. The fourth-order valence-electron chi connectivity index (χ4n) is 3.59. The second-order valence-corrected chi connectivity index (χ2v) is 6.47. The van der Waals surface area contributed by atoms with Crippen LogP contribution in [-0.2, 0) is 13.0 Å². The van der Waals surface area contributed by atoms with Crippen molar-refractivity contribution in [1.82, 2.24) is 14.8 Å². The monoisotopic (exact) mass is 344 g/mol. The van der Waals surface area contributed by atoms with Crippen LogP contribution in [0.4, 0.5) is 0 Å². The molecule has 2 heterocycles. The quantitative estimate of drug-likeness (QED) is 0.667. The number of allylic oxidation sites excluding steroid dienone is 1. The first-order chi connectivity index (χ1) is 12.8. The fourth-order valence-corrected chi connectivity index (χ4v) is 3.59. The summed E-state index contributed by atoms with van der Waals surface area (Å²) in [5, 5.41) is 20.5. The zero-order valence-corrected chi connectivity index (χ0v) is 14.8. The van der Waals surface area contributed by atoms with E-state index in [-0.39, 0.29) is 0 Å². The number of nitriles is 1. The summed E-state index contributed by atoms with van der Waals surface area (Å²) in [6, 6.07) is 14.3. The summed E-state index contributed by atoms with van der Waals surface area (Å²) in [4.78, 5) is 0. The lowest BCUT2D eigenvalue weighted by Crippen LogP contribution is -2.05. The van der Waals surface area contributed by atoms with Gasteiger partial charge in [-0.25, -0.2) is 0 Å². The summed E-state index contributed by atoms with van der Waals surface area (Å²) >= 11 is 0. The fraction of sp³-hybridized carbons (Fsp3) is 0.286. The maximum atomic E-state index is 9.78. The Hall–Kier alpha value is -3.13. The Kier molecular flexibility index (Phi) is 4.40. The number of fused-ring (bicyclic) bond motifs is 2. The molecule has 1 aliphatic heterocycles. The van der Waals surface area contributed by atoms with E-state index in [1.165, 1.54) is 6.42 Å². The van der Waals surface area contributed by atoms with Crippen molar-refractivity contribution in [1.29, 1.82) is 5.26 Å². The van der Waals surface area contributed by atoms with Gasteiger partial charge < -0.3 is 9.30 Å². The van der Waals surface area contributed by atoms with Gasteiger partial charge in [0, 0.05) is 18.4 Å². The van der Waals surface area contributed by atoms with Crippen molar-refractivity contribution in [2.24, 2.45) is 0 Å². The molecule has 0 saturated carbocycles. The molecule has 0 unspecified atom stereocenters. The van der Waals surface area contributed by atoms with Gasteiger partial charge in [0.2, 0.25) is 0 Å². The Balaban J connectivity index is 1.84. The van der Waals surface area contributed by atoms with Crippen LogP contribution in [0, 0.1) is 11.3 Å². The molecule has 1 aromatic heterocycles. The highest BCUT2D eigenvalue weighted by Crippen LogP contribution is 2.31. The van der Waals surface area contributed by atoms with Gasteiger partial charge in [0.05, 0.1) is 12.7 Å². The first-order valence-corrected chi connectivity index (χ1v) is 8.92. The number of nitrogens with zero attached hydrogens (tertiary/aromatic N) is 4. The minimum atomic E-state index is 0.543. The molecule has 0 spiro atoms. The maximum Gasteiger partial charge on any atom is 0.174 e. The molecule has 0 radical (unpaired) electrons. The van der Waals surface area contributed by atoms with E-state index in [1.807, 2.05) is 42.5 Å². The summed E-state index contributed by atoms with van der Waals surface area (Å²) in [7, 11) is 1.67. The van der Waals surface area contributed by atoms with Crippen LogP contribution in [0.5, 0.6) is 5.75 Å². The highest BCUT2D eigenvalue weighted by molar-refractivity contribution is 5.99. The van der Waals surface area contributed by atoms with Crippen molar-refractivity contribution < 1.29 is 4.74 Å². The molecule has 0 amide bonds. The number of rotatable bonds is 3. The predicted molar refractivity (Wildman–Crippen MR) is 102 cm³/mol. The number of aromatic nitrogens is 3. The molecule has 2 aromatic carbocycles. The zero-order valence-electron chi connectivity index (χ0n) is 14.8. The van der Waals surface area contributed by atoms with E-state index in [0.29, 0.717) is 11.4 Å². The molecule has 130 valence electrons. The van der Waals surface area contributed by atoms with Crippen molar-refractivity contribution in [3.63, 3.8) is 0 Å². The first kappa shape index (κ1) is 16.3. The molecule has 0 N–H and O–H groups in total. The SMILES string of the molecule is COc1ccc(/C=C(\C#N)c2nnc3n2CCCCC3)c2ccccc12. The van der Waals surface area contributed by atoms with E-state index in [1.54, 1.807) is 7.11 Å². The highest BCUT2D eigenvalue weighted by Gasteiger charge is 2.18. The van der Waals surface area contributed by atoms with Crippen LogP contribution < -0.4 is 4.74 Å². The molecule has 0 saturated heterocycles. The van der Waals surface area contributed by atoms with Crippen LogP contribution in [0.2, 0.25) is 0 Å². The standard InChI is InChI=1S/C21H20N4O/c1-26-19-11-10-15(17-7-4-5-8-18(17)19)13-16(14-22)21-24-23-20-9-3-2-6-12-25(20)21/h4-5,7-8,10-11,13H,2-3,6,9,12H2,1H3/b16-13+. The molecule has 1 aliphatic rings. The van der Waals surface area contributed by atoms with Gasteiger partial charge >= 0.3 is 0 Å². The zero-order chi connectivity index (χ0) is 17.9. The lowest BCUT2D eigenvalue weighted by Gasteiger charge is -2.09. The van der Waals surface area contributed by atoms with Gasteiger partial charge in [0.15, 0.2) is 5.82 Å². The van der Waals surface area contributed by atoms with Crippen molar-refractivity contribution in [3.05, 3.63) is 53.6 Å². The van der Waals surface area contributed by atoms with Crippen LogP contribution in [0.25, 0.3) is 22.4 Å². The number of methoxy groups -OCH3 is 1. The van der Waals surface area contributed by atoms with Crippen LogP contribution in [-0.4, -0.2) is 21.9 Å². The minimum Gasteiger partial charge on any atom is -0.496 e. The van der Waals surface area contributed by atoms with Gasteiger partial charge in [-0.15, -0.1) is 10.2 Å². The first-order valence-electron chi connectivity index (χ1n) is 8.92. The third-order valence-corrected chi connectivity index (χ3v) is 4.91. The van der Waals surface area contributed by atoms with E-state index in [4.69, 9.17) is 4.74 Å². The average Bonchev–Trinajstić information content (AvgIpc) is 2.93. The third kappa shape index (κ3) is 2.84. The Morgan fingerprint density at radius 1 is 1.12 bits per heavy atom. The van der Waals surface area contributed by atoms with Gasteiger partial charge in [-0.3, -0.25) is 0 Å². The predicted octanol–water partition coefficient (Wildman–Crippen LogP) is 4.23. The van der Waals surface area contributed by atoms with Gasteiger partial charge in [-0.1, -0.05) is 36.8 Å². The normalized spacial score (nSPS) is 14.5. The average molecular weight is 344 g/mol. The Bertz CT molecular complexity index is 1030. The molecule has 5 nitrogen and oxygen atoms in total. The Labute approximate surface area is 152 Å². The molecule has 26 heavy (non-hydrogen) atoms. The largest absolute Gasteiger partial charge is 0.496 e. The number of hydrogen-bond donors (Lipinski definition) is 0. The van der Waals surface area contributed by atoms with E-state index in [0.717, 1.165) is 53.7 Å². The van der Waals surface area contributed by atoms with E-state index in [9.17, 15) is 5.26 Å². The second-order valence-electron chi connectivity index (χ2n) is 6.47. The molecular formula is C21H20N4O. The molecule has 5 heteroatoms. The van der Waals surface area contributed by atoms with Crippen molar-refractivity contribution in [3.8, 4) is 11.8 Å². The van der Waals surface area contributed by atoms with Crippen molar-refractivity contribution >= 4 is 22.4 Å². The van der Waals surface area contributed by atoms with Gasteiger partial charge in [-0.2, -0.15) is 5.26 Å². The van der Waals surface area contributed by atoms with Crippen LogP contribution >= 0.6 is 0 Å². The van der Waals surface area contributed by atoms with Gasteiger partial charge in [0.25, 0.3) is 0 Å². The summed E-state index contributed by atoms with van der Waals surface area (Å²) < 4.78 is 7.57. The van der Waals surface area contributed by atoms with Crippen LogP contribution in [0.15, 0.2) is 36.4 Å². The summed E-state index contributed by atoms with van der Waals surface area (Å²) in [5.41, 5.74) is 1.52. The number of hydrogen-bond acceptors (Lipinski definition) is 4. The molecule has 0 aliphatic carbocycles. The lowest BCUT2D eigenvalue weighted by molar-refractivity contribution is 0.420. The van der Waals surface area contributed by atoms with E-state index < -0.39 is 0 Å². The Morgan fingerprint density at radius 3 is 2.77 bits per heavy atom. The molecular weight excluding hydrogens is 324 g/mol. The minimum absolute atomic E-state index is 0.543. The van der Waals surface area contributed by atoms with Crippen LogP contribution in [0.3, 0.4) is 0 Å². The summed E-state index contributed by atoms with van der Waals surface area (Å²) in [6.45, 7) is 0.875. The number of ether oxygens (including phenoxy) is 1. The van der Waals surface area contributed by atoms with E-state index >= 15 is 0 Å². The number of benzene rings is 2. The Morgan fingerprint density at radius 2 is 1.96 bits per heavy atom. The summed E-state index contributed by atoms with van der Waals surface area (Å²) in [5.74, 6) is 2.48. The topological polar surface area (TPSA) is 63.7 Å². The van der Waals surface area contributed by atoms with E-state index in [2.05, 4.69) is 20.8 Å². The third-order valence-electron chi connectivity index (χ3n) is 4.91. The van der Waals surface area contributed by atoms with Crippen molar-refractivity contribution in [2.75, 3.05) is 7.11 Å². The maximum absolute atomic E-state index is 9.78. The van der Waals surface area contributed by atoms with Crippen LogP contribution in [0.1, 0.15) is 36.5 Å². The highest BCUT2D eigenvalue weighted by atomic mass is 16.5. The van der Waals surface area contributed by atoms with Gasteiger partial charge in [0.1, 0.15) is 17.6 Å². The van der Waals surface area contributed by atoms with Gasteiger partial charge in [-0.05, 0) is 35.9 Å². The molecule has 3 aromatic rings. The summed E-state index contributed by atoms with van der Waals surface area (Å²) in [6.07, 6.45) is 6.26. The molecule has 4 rings (SSSR count). The second kappa shape index (κ2) is 7.01. The molecule has 0 atom stereocenters. The molecule has 0 fully saturated rings. The smallest absolute Gasteiger partial charge is 0.174 e. The van der Waals surface area contributed by atoms with Crippen molar-refractivity contribution in [2.45, 2.75) is 32.2 Å². The lowest BCUT2D eigenvalue weighted by atomic mass is 10.0.